The highest BCUT2D eigenvalue weighted by atomic mass is 14.6. The van der Waals surface area contributed by atoms with Gasteiger partial charge in [-0.2, -0.15) is 0 Å². The summed E-state index contributed by atoms with van der Waals surface area (Å²) >= 11 is 0. The average molecular weight is 221 g/mol. The minimum absolute atomic E-state index is 0.529. The summed E-state index contributed by atoms with van der Waals surface area (Å²) in [6.07, 6.45) is 2.01. The quantitative estimate of drug-likeness (QED) is 0.551. The highest BCUT2D eigenvalue weighted by molar-refractivity contribution is 6.06. The molecule has 0 unspecified atom stereocenters. The number of fused-ring (bicyclic) bond motifs is 3. The maximum atomic E-state index is 4.55. The summed E-state index contributed by atoms with van der Waals surface area (Å²) in [5.74, 6) is 0.529. The summed E-state index contributed by atoms with van der Waals surface area (Å²) in [4.78, 5) is 4.55. The van der Waals surface area contributed by atoms with E-state index in [1.807, 2.05) is 12.3 Å². The zero-order valence-corrected chi connectivity index (χ0v) is 10.1. The molecule has 0 bridgehead atoms. The second kappa shape index (κ2) is 3.85. The Hall–Kier alpha value is -1.89. The van der Waals surface area contributed by atoms with E-state index in [0.717, 1.165) is 5.52 Å². The normalized spacial score (nSPS) is 11.5. The maximum Gasteiger partial charge on any atom is 0.0708 e. The van der Waals surface area contributed by atoms with Crippen molar-refractivity contribution < 1.29 is 0 Å². The monoisotopic (exact) mass is 221 g/mol. The zero-order chi connectivity index (χ0) is 11.8. The van der Waals surface area contributed by atoms with Gasteiger partial charge in [0.2, 0.25) is 0 Å². The van der Waals surface area contributed by atoms with Crippen LogP contribution in [-0.4, -0.2) is 4.98 Å². The lowest BCUT2D eigenvalue weighted by Gasteiger charge is -2.11. The summed E-state index contributed by atoms with van der Waals surface area (Å²) < 4.78 is 0. The van der Waals surface area contributed by atoms with Crippen molar-refractivity contribution in [2.24, 2.45) is 0 Å². The van der Waals surface area contributed by atoms with E-state index in [2.05, 4.69) is 55.2 Å². The largest absolute Gasteiger partial charge is 0.256 e. The SMILES string of the molecule is CC(C)c1cccc2c1cnc1ccccc12. The predicted molar refractivity (Wildman–Crippen MR) is 73.3 cm³/mol. The standard InChI is InChI=1S/C16H15N/c1-11(2)12-7-5-8-13-14-6-3-4-9-16(14)17-10-15(12)13/h3-11H,1-2H3. The molecule has 0 spiro atoms. The van der Waals surface area contributed by atoms with Gasteiger partial charge in [-0.25, -0.2) is 0 Å². The van der Waals surface area contributed by atoms with E-state index in [1.54, 1.807) is 0 Å². The maximum absolute atomic E-state index is 4.55. The molecule has 3 rings (SSSR count). The van der Waals surface area contributed by atoms with Gasteiger partial charge in [0.05, 0.1) is 5.52 Å². The third-order valence-corrected chi connectivity index (χ3v) is 3.29. The number of rotatable bonds is 1. The van der Waals surface area contributed by atoms with Gasteiger partial charge in [-0.05, 0) is 22.9 Å². The number of nitrogens with zero attached hydrogens (tertiary/aromatic N) is 1. The summed E-state index contributed by atoms with van der Waals surface area (Å²) in [5, 5.41) is 3.83. The van der Waals surface area contributed by atoms with Crippen LogP contribution in [0.25, 0.3) is 21.7 Å². The molecular formula is C16H15N. The Kier molecular flexibility index (Phi) is 2.32. The molecule has 0 radical (unpaired) electrons. The topological polar surface area (TPSA) is 12.9 Å². The van der Waals surface area contributed by atoms with Crippen molar-refractivity contribution in [2.45, 2.75) is 19.8 Å². The molecule has 84 valence electrons. The van der Waals surface area contributed by atoms with E-state index < -0.39 is 0 Å². The molecule has 17 heavy (non-hydrogen) atoms. The van der Waals surface area contributed by atoms with Crippen LogP contribution in [0.5, 0.6) is 0 Å². The van der Waals surface area contributed by atoms with Crippen molar-refractivity contribution >= 4 is 21.7 Å². The van der Waals surface area contributed by atoms with E-state index in [1.165, 1.54) is 21.7 Å². The molecule has 0 aliphatic carbocycles. The van der Waals surface area contributed by atoms with Gasteiger partial charge in [0.1, 0.15) is 0 Å². The van der Waals surface area contributed by atoms with Crippen LogP contribution in [0.3, 0.4) is 0 Å². The molecule has 2 aromatic carbocycles. The molecule has 3 aromatic rings. The van der Waals surface area contributed by atoms with Crippen molar-refractivity contribution in [3.05, 3.63) is 54.2 Å². The Morgan fingerprint density at radius 2 is 1.59 bits per heavy atom. The number of aromatic nitrogens is 1. The van der Waals surface area contributed by atoms with Crippen LogP contribution in [0, 0.1) is 0 Å². The van der Waals surface area contributed by atoms with E-state index in [4.69, 9.17) is 0 Å². The molecule has 0 saturated heterocycles. The highest BCUT2D eigenvalue weighted by Crippen LogP contribution is 2.29. The van der Waals surface area contributed by atoms with E-state index in [9.17, 15) is 0 Å². The second-order valence-corrected chi connectivity index (χ2v) is 4.74. The molecule has 0 atom stereocenters. The van der Waals surface area contributed by atoms with Crippen molar-refractivity contribution in [2.75, 3.05) is 0 Å². The molecule has 1 nitrogen and oxygen atoms in total. The first-order valence-electron chi connectivity index (χ1n) is 6.04. The highest BCUT2D eigenvalue weighted by Gasteiger charge is 2.07. The first-order valence-corrected chi connectivity index (χ1v) is 6.04. The Morgan fingerprint density at radius 3 is 2.41 bits per heavy atom. The van der Waals surface area contributed by atoms with Gasteiger partial charge in [-0.3, -0.25) is 4.98 Å². The Balaban J connectivity index is 2.48. The van der Waals surface area contributed by atoms with Crippen molar-refractivity contribution in [1.82, 2.24) is 4.98 Å². The third-order valence-electron chi connectivity index (χ3n) is 3.29. The first-order chi connectivity index (χ1) is 8.27. The fraction of sp³-hybridized carbons (Fsp3) is 0.188. The van der Waals surface area contributed by atoms with Gasteiger partial charge in [0.25, 0.3) is 0 Å². The lowest BCUT2D eigenvalue weighted by atomic mass is 9.95. The van der Waals surface area contributed by atoms with Gasteiger partial charge >= 0.3 is 0 Å². The zero-order valence-electron chi connectivity index (χ0n) is 10.1. The Bertz CT molecular complexity index is 683. The lowest BCUT2D eigenvalue weighted by molar-refractivity contribution is 0.876. The van der Waals surface area contributed by atoms with Crippen molar-refractivity contribution in [1.29, 1.82) is 0 Å². The summed E-state index contributed by atoms with van der Waals surface area (Å²) in [7, 11) is 0. The third kappa shape index (κ3) is 1.59. The van der Waals surface area contributed by atoms with Crippen LogP contribution in [-0.2, 0) is 0 Å². The molecule has 0 saturated carbocycles. The predicted octanol–water partition coefficient (Wildman–Crippen LogP) is 4.51. The van der Waals surface area contributed by atoms with Gasteiger partial charge < -0.3 is 0 Å². The van der Waals surface area contributed by atoms with Crippen LogP contribution in [0.1, 0.15) is 25.3 Å². The van der Waals surface area contributed by atoms with Crippen LogP contribution < -0.4 is 0 Å². The summed E-state index contributed by atoms with van der Waals surface area (Å²) in [6, 6.07) is 14.9. The van der Waals surface area contributed by atoms with Crippen LogP contribution in [0.15, 0.2) is 48.7 Å². The number of pyridine rings is 1. The van der Waals surface area contributed by atoms with Gasteiger partial charge in [0, 0.05) is 17.0 Å². The number of benzene rings is 2. The Labute approximate surface area is 101 Å². The number of hydrogen-bond acceptors (Lipinski definition) is 1. The van der Waals surface area contributed by atoms with Crippen LogP contribution in [0.2, 0.25) is 0 Å². The smallest absolute Gasteiger partial charge is 0.0708 e. The van der Waals surface area contributed by atoms with E-state index >= 15 is 0 Å². The Morgan fingerprint density at radius 1 is 0.824 bits per heavy atom. The molecule has 0 fully saturated rings. The molecule has 1 heterocycles. The first kappa shape index (κ1) is 10.3. The average Bonchev–Trinajstić information content (AvgIpc) is 2.37. The van der Waals surface area contributed by atoms with Crippen LogP contribution >= 0.6 is 0 Å². The molecule has 0 aliphatic rings. The van der Waals surface area contributed by atoms with Crippen LogP contribution in [0.4, 0.5) is 0 Å². The van der Waals surface area contributed by atoms with E-state index in [0.29, 0.717) is 5.92 Å². The van der Waals surface area contributed by atoms with Gasteiger partial charge in [-0.1, -0.05) is 50.2 Å². The minimum Gasteiger partial charge on any atom is -0.256 e. The molecule has 0 amide bonds. The molecule has 1 heteroatoms. The fourth-order valence-corrected chi connectivity index (χ4v) is 2.41. The fourth-order valence-electron chi connectivity index (χ4n) is 2.41. The van der Waals surface area contributed by atoms with Gasteiger partial charge in [-0.15, -0.1) is 0 Å². The summed E-state index contributed by atoms with van der Waals surface area (Å²) in [5.41, 5.74) is 2.45. The van der Waals surface area contributed by atoms with E-state index in [-0.39, 0.29) is 0 Å². The van der Waals surface area contributed by atoms with Gasteiger partial charge in [0.15, 0.2) is 0 Å². The molecule has 0 aliphatic heterocycles. The molecule has 1 aromatic heterocycles. The second-order valence-electron chi connectivity index (χ2n) is 4.74. The lowest BCUT2D eigenvalue weighted by Crippen LogP contribution is -1.91. The van der Waals surface area contributed by atoms with Crippen molar-refractivity contribution in [3.8, 4) is 0 Å². The van der Waals surface area contributed by atoms with Crippen molar-refractivity contribution in [3.63, 3.8) is 0 Å². The number of hydrogen-bond donors (Lipinski definition) is 0. The molecular weight excluding hydrogens is 206 g/mol. The summed E-state index contributed by atoms with van der Waals surface area (Å²) in [6.45, 7) is 4.45. The minimum atomic E-state index is 0.529. The molecule has 0 N–H and O–H groups in total. The number of para-hydroxylation sites is 1.